The Morgan fingerprint density at radius 2 is 2.31 bits per heavy atom. The molecule has 1 heterocycles. The lowest BCUT2D eigenvalue weighted by Crippen LogP contribution is -2.23. The van der Waals surface area contributed by atoms with Gasteiger partial charge in [0.15, 0.2) is 0 Å². The Labute approximate surface area is 83.5 Å². The fourth-order valence-corrected chi connectivity index (χ4v) is 0.813. The molecule has 0 aliphatic carbocycles. The van der Waals surface area contributed by atoms with E-state index in [4.69, 9.17) is 11.6 Å². The molecule has 1 rings (SSSR count). The van der Waals surface area contributed by atoms with Crippen molar-refractivity contribution in [1.29, 1.82) is 0 Å². The molecule has 0 unspecified atom stereocenters. The Morgan fingerprint density at radius 3 is 2.77 bits per heavy atom. The normalized spacial score (nSPS) is 8.54. The fraction of sp³-hybridized carbons (Fsp3) is 0.444. The van der Waals surface area contributed by atoms with Crippen LogP contribution in [-0.2, 0) is 11.3 Å². The van der Waals surface area contributed by atoms with Crippen LogP contribution >= 0.6 is 11.6 Å². The van der Waals surface area contributed by atoms with Crippen LogP contribution in [0.25, 0.3) is 0 Å². The zero-order valence-corrected chi connectivity index (χ0v) is 8.69. The highest BCUT2D eigenvalue weighted by Gasteiger charge is 1.97. The summed E-state index contributed by atoms with van der Waals surface area (Å²) in [6, 6.07) is 3.77. The summed E-state index contributed by atoms with van der Waals surface area (Å²) < 4.78 is 0. The van der Waals surface area contributed by atoms with Gasteiger partial charge in [0.2, 0.25) is 5.91 Å². The van der Waals surface area contributed by atoms with Crippen LogP contribution in [0.2, 0.25) is 0 Å². The van der Waals surface area contributed by atoms with Crippen molar-refractivity contribution in [3.05, 3.63) is 24.0 Å². The molecule has 0 aliphatic heterocycles. The molecule has 0 aliphatic rings. The molecule has 0 spiro atoms. The van der Waals surface area contributed by atoms with Crippen molar-refractivity contribution in [2.45, 2.75) is 20.4 Å². The van der Waals surface area contributed by atoms with E-state index in [0.717, 1.165) is 5.69 Å². The van der Waals surface area contributed by atoms with Crippen LogP contribution in [0, 0.1) is 0 Å². The molecular formula is C9H15ClN2O. The van der Waals surface area contributed by atoms with Crippen LogP contribution in [0.1, 0.15) is 19.5 Å². The molecule has 0 bridgehead atoms. The third kappa shape index (κ3) is 5.31. The first-order valence-corrected chi connectivity index (χ1v) is 4.81. The second-order valence-electron chi connectivity index (χ2n) is 2.11. The maximum Gasteiger partial charge on any atom is 0.235 e. The van der Waals surface area contributed by atoms with Crippen LogP contribution in [-0.4, -0.2) is 16.8 Å². The second kappa shape index (κ2) is 7.68. The third-order valence-corrected chi connectivity index (χ3v) is 1.50. The molecule has 1 aromatic heterocycles. The quantitative estimate of drug-likeness (QED) is 0.723. The van der Waals surface area contributed by atoms with Gasteiger partial charge in [-0.2, -0.15) is 0 Å². The monoisotopic (exact) mass is 202 g/mol. The third-order valence-electron chi connectivity index (χ3n) is 1.26. The number of hydrogen-bond acceptors (Lipinski definition) is 1. The molecule has 4 heteroatoms. The van der Waals surface area contributed by atoms with Gasteiger partial charge in [-0.05, 0) is 12.1 Å². The number of aromatic nitrogens is 1. The van der Waals surface area contributed by atoms with Gasteiger partial charge in [0.25, 0.3) is 0 Å². The van der Waals surface area contributed by atoms with Crippen molar-refractivity contribution in [3.63, 3.8) is 0 Å². The summed E-state index contributed by atoms with van der Waals surface area (Å²) in [6.45, 7) is 4.51. The van der Waals surface area contributed by atoms with Gasteiger partial charge in [-0.1, -0.05) is 13.8 Å². The van der Waals surface area contributed by atoms with Crippen LogP contribution in [0.5, 0.6) is 0 Å². The highest BCUT2D eigenvalue weighted by Crippen LogP contribution is 1.92. The van der Waals surface area contributed by atoms with Gasteiger partial charge in [-0.15, -0.1) is 11.6 Å². The van der Waals surface area contributed by atoms with E-state index in [1.54, 1.807) is 0 Å². The highest BCUT2D eigenvalue weighted by atomic mass is 35.5. The number of H-pyrrole nitrogens is 1. The van der Waals surface area contributed by atoms with Crippen molar-refractivity contribution in [2.24, 2.45) is 0 Å². The SMILES string of the molecule is CC.O=C(CCl)NCc1ccc[nH]1. The fourth-order valence-electron chi connectivity index (χ4n) is 0.719. The zero-order valence-electron chi connectivity index (χ0n) is 7.93. The molecular weight excluding hydrogens is 188 g/mol. The average molecular weight is 203 g/mol. The van der Waals surface area contributed by atoms with Crippen LogP contribution in [0.4, 0.5) is 0 Å². The van der Waals surface area contributed by atoms with E-state index in [-0.39, 0.29) is 11.8 Å². The van der Waals surface area contributed by atoms with Crippen molar-refractivity contribution in [1.82, 2.24) is 10.3 Å². The lowest BCUT2D eigenvalue weighted by Gasteiger charge is -1.98. The summed E-state index contributed by atoms with van der Waals surface area (Å²) in [5, 5.41) is 2.63. The molecule has 2 N–H and O–H groups in total. The molecule has 3 nitrogen and oxygen atoms in total. The Bertz CT molecular complexity index is 222. The summed E-state index contributed by atoms with van der Waals surface area (Å²) in [5.41, 5.74) is 0.975. The molecule has 0 fully saturated rings. The summed E-state index contributed by atoms with van der Waals surface area (Å²) >= 11 is 5.27. The minimum Gasteiger partial charge on any atom is -0.364 e. The average Bonchev–Trinajstić information content (AvgIpc) is 2.70. The van der Waals surface area contributed by atoms with E-state index in [1.165, 1.54) is 0 Å². The number of aromatic amines is 1. The topological polar surface area (TPSA) is 44.9 Å². The minimum absolute atomic E-state index is 0.0146. The number of amides is 1. The maximum absolute atomic E-state index is 10.7. The van der Waals surface area contributed by atoms with Gasteiger partial charge < -0.3 is 10.3 Å². The van der Waals surface area contributed by atoms with Crippen LogP contribution in [0.3, 0.4) is 0 Å². The first kappa shape index (κ1) is 12.0. The number of rotatable bonds is 3. The lowest BCUT2D eigenvalue weighted by molar-refractivity contribution is -0.118. The summed E-state index contributed by atoms with van der Waals surface area (Å²) in [4.78, 5) is 13.6. The molecule has 0 aromatic carbocycles. The Kier molecular flexibility index (Phi) is 7.11. The number of halogens is 1. The molecule has 1 amide bonds. The maximum atomic E-state index is 10.7. The Morgan fingerprint density at radius 1 is 1.62 bits per heavy atom. The van der Waals surface area contributed by atoms with Gasteiger partial charge in [-0.3, -0.25) is 4.79 Å². The minimum atomic E-state index is -0.152. The zero-order chi connectivity index (χ0) is 10.1. The first-order chi connectivity index (χ1) is 6.33. The van der Waals surface area contributed by atoms with E-state index in [1.807, 2.05) is 32.2 Å². The molecule has 0 atom stereocenters. The van der Waals surface area contributed by atoms with E-state index < -0.39 is 0 Å². The number of carbonyl (C=O) groups excluding carboxylic acids is 1. The summed E-state index contributed by atoms with van der Waals surface area (Å²) in [7, 11) is 0. The van der Waals surface area contributed by atoms with Gasteiger partial charge in [-0.25, -0.2) is 0 Å². The number of alkyl halides is 1. The second-order valence-corrected chi connectivity index (χ2v) is 2.37. The molecule has 0 saturated carbocycles. The van der Waals surface area contributed by atoms with Crippen molar-refractivity contribution < 1.29 is 4.79 Å². The Balaban J connectivity index is 0.000000671. The molecule has 13 heavy (non-hydrogen) atoms. The molecule has 1 aromatic rings. The van der Waals surface area contributed by atoms with Gasteiger partial charge in [0.1, 0.15) is 5.88 Å². The van der Waals surface area contributed by atoms with E-state index >= 15 is 0 Å². The lowest BCUT2D eigenvalue weighted by atomic mass is 10.4. The van der Waals surface area contributed by atoms with E-state index in [2.05, 4.69) is 10.3 Å². The van der Waals surface area contributed by atoms with Gasteiger partial charge in [0, 0.05) is 11.9 Å². The molecule has 74 valence electrons. The highest BCUT2D eigenvalue weighted by molar-refractivity contribution is 6.27. The first-order valence-electron chi connectivity index (χ1n) is 4.28. The largest absolute Gasteiger partial charge is 0.364 e. The van der Waals surface area contributed by atoms with Crippen molar-refractivity contribution in [2.75, 3.05) is 5.88 Å². The summed E-state index contributed by atoms with van der Waals surface area (Å²) in [5.74, 6) is -0.137. The van der Waals surface area contributed by atoms with Crippen molar-refractivity contribution in [3.8, 4) is 0 Å². The number of hydrogen-bond donors (Lipinski definition) is 2. The Hall–Kier alpha value is -0.960. The van der Waals surface area contributed by atoms with Gasteiger partial charge in [0.05, 0.1) is 6.54 Å². The summed E-state index contributed by atoms with van der Waals surface area (Å²) in [6.07, 6.45) is 1.81. The smallest absolute Gasteiger partial charge is 0.235 e. The number of nitrogens with one attached hydrogen (secondary N) is 2. The van der Waals surface area contributed by atoms with Gasteiger partial charge >= 0.3 is 0 Å². The van der Waals surface area contributed by atoms with E-state index in [9.17, 15) is 4.79 Å². The molecule has 0 saturated heterocycles. The molecule has 0 radical (unpaired) electrons. The predicted molar refractivity (Wildman–Crippen MR) is 54.7 cm³/mol. The van der Waals surface area contributed by atoms with Crippen molar-refractivity contribution >= 4 is 17.5 Å². The number of carbonyl (C=O) groups is 1. The van der Waals surface area contributed by atoms with E-state index in [0.29, 0.717) is 6.54 Å². The van der Waals surface area contributed by atoms with Crippen LogP contribution in [0.15, 0.2) is 18.3 Å². The van der Waals surface area contributed by atoms with Crippen LogP contribution < -0.4 is 5.32 Å². The predicted octanol–water partition coefficient (Wildman–Crippen LogP) is 1.90. The standard InChI is InChI=1S/C7H9ClN2O.C2H6/c8-4-7(11)10-5-6-2-1-3-9-6;1-2/h1-3,9H,4-5H2,(H,10,11);1-2H3.